The third kappa shape index (κ3) is 3.37. The largest absolute Gasteiger partial charge is 0.497 e. The number of nitrogens with one attached hydrogen (secondary N) is 1. The average Bonchev–Trinajstić information content (AvgIpc) is 2.40. The van der Waals surface area contributed by atoms with Crippen LogP contribution in [0.15, 0.2) is 42.5 Å². The van der Waals surface area contributed by atoms with Crippen LogP contribution in [0.2, 0.25) is 0 Å². The van der Waals surface area contributed by atoms with Crippen molar-refractivity contribution in [1.82, 2.24) is 0 Å². The van der Waals surface area contributed by atoms with Crippen LogP contribution in [0, 0.1) is 3.57 Å². The van der Waals surface area contributed by atoms with Gasteiger partial charge in [0.1, 0.15) is 5.75 Å². The second kappa shape index (κ2) is 5.92. The van der Waals surface area contributed by atoms with Gasteiger partial charge in [-0.15, -0.1) is 0 Å². The number of carbonyl (C=O) groups excluding carboxylic acids is 1. The molecule has 98 valence electrons. The summed E-state index contributed by atoms with van der Waals surface area (Å²) in [5, 5.41) is 2.85. The number of nitrogens with two attached hydrogens (primary N) is 1. The van der Waals surface area contributed by atoms with Crippen molar-refractivity contribution in [2.75, 3.05) is 18.2 Å². The van der Waals surface area contributed by atoms with Crippen LogP contribution in [0.25, 0.3) is 0 Å². The van der Waals surface area contributed by atoms with E-state index in [1.807, 2.05) is 24.3 Å². The van der Waals surface area contributed by atoms with Gasteiger partial charge in [-0.2, -0.15) is 0 Å². The van der Waals surface area contributed by atoms with E-state index in [1.54, 1.807) is 18.2 Å². The number of hydrogen-bond acceptors (Lipinski definition) is 3. The van der Waals surface area contributed by atoms with E-state index in [9.17, 15) is 4.79 Å². The molecule has 0 bridgehead atoms. The lowest BCUT2D eigenvalue weighted by molar-refractivity contribution is 0.102. The molecule has 0 atom stereocenters. The molecule has 0 saturated carbocycles. The Bertz CT molecular complexity index is 614. The zero-order chi connectivity index (χ0) is 13.8. The Balaban J connectivity index is 2.25. The second-order valence-corrected chi connectivity index (χ2v) is 5.09. The Hall–Kier alpha value is -1.76. The van der Waals surface area contributed by atoms with Gasteiger partial charge in [0.15, 0.2) is 0 Å². The maximum absolute atomic E-state index is 12.2. The summed E-state index contributed by atoms with van der Waals surface area (Å²) < 4.78 is 6.07. The van der Waals surface area contributed by atoms with Crippen molar-refractivity contribution >= 4 is 39.9 Å². The summed E-state index contributed by atoms with van der Waals surface area (Å²) in [7, 11) is 1.54. The minimum Gasteiger partial charge on any atom is -0.497 e. The monoisotopic (exact) mass is 368 g/mol. The number of para-hydroxylation sites is 1. The fourth-order valence-corrected chi connectivity index (χ4v) is 2.15. The van der Waals surface area contributed by atoms with Crippen molar-refractivity contribution in [1.29, 1.82) is 0 Å². The SMILES string of the molecule is COc1cc(N)cc(C(=O)Nc2ccccc2I)c1. The normalized spacial score (nSPS) is 10.0. The minimum absolute atomic E-state index is 0.213. The molecule has 0 aliphatic carbocycles. The van der Waals surface area contributed by atoms with E-state index in [-0.39, 0.29) is 5.91 Å². The molecule has 0 aromatic heterocycles. The molecule has 4 nitrogen and oxygen atoms in total. The summed E-state index contributed by atoms with van der Waals surface area (Å²) in [6.45, 7) is 0. The number of halogens is 1. The second-order valence-electron chi connectivity index (χ2n) is 3.93. The number of carbonyl (C=O) groups is 1. The van der Waals surface area contributed by atoms with Crippen LogP contribution in [0.3, 0.4) is 0 Å². The topological polar surface area (TPSA) is 64.3 Å². The highest BCUT2D eigenvalue weighted by Crippen LogP contribution is 2.21. The Kier molecular flexibility index (Phi) is 4.26. The van der Waals surface area contributed by atoms with E-state index in [1.165, 1.54) is 7.11 Å². The van der Waals surface area contributed by atoms with E-state index in [0.717, 1.165) is 9.26 Å². The first kappa shape index (κ1) is 13.7. The summed E-state index contributed by atoms with van der Waals surface area (Å²) in [6, 6.07) is 12.5. The van der Waals surface area contributed by atoms with Crippen LogP contribution in [-0.4, -0.2) is 13.0 Å². The fourth-order valence-electron chi connectivity index (χ4n) is 1.63. The molecule has 5 heteroatoms. The predicted molar refractivity (Wildman–Crippen MR) is 84.5 cm³/mol. The van der Waals surface area contributed by atoms with Crippen molar-refractivity contribution in [2.24, 2.45) is 0 Å². The van der Waals surface area contributed by atoms with Crippen LogP contribution >= 0.6 is 22.6 Å². The molecule has 1 amide bonds. The molecule has 0 fully saturated rings. The number of hydrogen-bond donors (Lipinski definition) is 2. The first-order valence-corrected chi connectivity index (χ1v) is 6.68. The Morgan fingerprint density at radius 3 is 2.68 bits per heavy atom. The van der Waals surface area contributed by atoms with Gasteiger partial charge in [-0.3, -0.25) is 4.79 Å². The number of benzene rings is 2. The van der Waals surface area contributed by atoms with Gasteiger partial charge < -0.3 is 15.8 Å². The highest BCUT2D eigenvalue weighted by atomic mass is 127. The first-order valence-electron chi connectivity index (χ1n) is 5.60. The number of methoxy groups -OCH3 is 1. The molecule has 3 N–H and O–H groups in total. The van der Waals surface area contributed by atoms with Crippen molar-refractivity contribution in [2.45, 2.75) is 0 Å². The van der Waals surface area contributed by atoms with Crippen molar-refractivity contribution in [3.05, 3.63) is 51.6 Å². The molecule has 0 spiro atoms. The fraction of sp³-hybridized carbons (Fsp3) is 0.0714. The summed E-state index contributed by atoms with van der Waals surface area (Å²) in [5.74, 6) is 0.350. The molecule has 0 aliphatic rings. The number of nitrogen functional groups attached to an aromatic ring is 1. The minimum atomic E-state index is -0.213. The summed E-state index contributed by atoms with van der Waals surface area (Å²) in [6.07, 6.45) is 0. The molecule has 0 unspecified atom stereocenters. The molecular formula is C14H13IN2O2. The van der Waals surface area contributed by atoms with E-state index in [4.69, 9.17) is 10.5 Å². The zero-order valence-corrected chi connectivity index (χ0v) is 12.5. The average molecular weight is 368 g/mol. The lowest BCUT2D eigenvalue weighted by atomic mass is 10.1. The molecule has 0 heterocycles. The number of ether oxygens (including phenoxy) is 1. The maximum Gasteiger partial charge on any atom is 0.255 e. The quantitative estimate of drug-likeness (QED) is 0.646. The van der Waals surface area contributed by atoms with Gasteiger partial charge in [0, 0.05) is 20.9 Å². The van der Waals surface area contributed by atoms with Crippen LogP contribution in [0.4, 0.5) is 11.4 Å². The van der Waals surface area contributed by atoms with Crippen LogP contribution < -0.4 is 15.8 Å². The number of rotatable bonds is 3. The predicted octanol–water partition coefficient (Wildman–Crippen LogP) is 3.13. The molecule has 0 aliphatic heterocycles. The first-order chi connectivity index (χ1) is 9.10. The highest BCUT2D eigenvalue weighted by Gasteiger charge is 2.10. The molecule has 0 radical (unpaired) electrons. The highest BCUT2D eigenvalue weighted by molar-refractivity contribution is 14.1. The lowest BCUT2D eigenvalue weighted by Gasteiger charge is -2.09. The van der Waals surface area contributed by atoms with E-state index < -0.39 is 0 Å². The van der Waals surface area contributed by atoms with Gasteiger partial charge in [0.05, 0.1) is 12.8 Å². The summed E-state index contributed by atoms with van der Waals surface area (Å²) >= 11 is 2.17. The summed E-state index contributed by atoms with van der Waals surface area (Å²) in [5.41, 5.74) is 7.47. The molecule has 0 saturated heterocycles. The Labute approximate surface area is 125 Å². The van der Waals surface area contributed by atoms with Gasteiger partial charge in [0.25, 0.3) is 5.91 Å². The maximum atomic E-state index is 12.2. The van der Waals surface area contributed by atoms with Gasteiger partial charge in [0.2, 0.25) is 0 Å². The van der Waals surface area contributed by atoms with Gasteiger partial charge in [-0.25, -0.2) is 0 Å². The molecule has 19 heavy (non-hydrogen) atoms. The number of amides is 1. The Morgan fingerprint density at radius 2 is 2.00 bits per heavy atom. The molecule has 2 rings (SSSR count). The third-order valence-electron chi connectivity index (χ3n) is 2.55. The number of anilines is 2. The van der Waals surface area contributed by atoms with Crippen molar-refractivity contribution in [3.8, 4) is 5.75 Å². The van der Waals surface area contributed by atoms with E-state index >= 15 is 0 Å². The molecule has 2 aromatic rings. The smallest absolute Gasteiger partial charge is 0.255 e. The van der Waals surface area contributed by atoms with Crippen molar-refractivity contribution in [3.63, 3.8) is 0 Å². The van der Waals surface area contributed by atoms with E-state index in [0.29, 0.717) is 17.0 Å². The van der Waals surface area contributed by atoms with E-state index in [2.05, 4.69) is 27.9 Å². The van der Waals surface area contributed by atoms with Crippen LogP contribution in [-0.2, 0) is 0 Å². The standard InChI is InChI=1S/C14H13IN2O2/c1-19-11-7-9(6-10(16)8-11)14(18)17-13-5-3-2-4-12(13)15/h2-8H,16H2,1H3,(H,17,18). The summed E-state index contributed by atoms with van der Waals surface area (Å²) in [4.78, 5) is 12.2. The van der Waals surface area contributed by atoms with Gasteiger partial charge in [-0.1, -0.05) is 12.1 Å². The Morgan fingerprint density at radius 1 is 1.26 bits per heavy atom. The van der Waals surface area contributed by atoms with Gasteiger partial charge >= 0.3 is 0 Å². The zero-order valence-electron chi connectivity index (χ0n) is 10.3. The van der Waals surface area contributed by atoms with Gasteiger partial charge in [-0.05, 0) is 46.9 Å². The lowest BCUT2D eigenvalue weighted by Crippen LogP contribution is -2.13. The van der Waals surface area contributed by atoms with Crippen LogP contribution in [0.1, 0.15) is 10.4 Å². The van der Waals surface area contributed by atoms with Crippen molar-refractivity contribution < 1.29 is 9.53 Å². The molecule has 2 aromatic carbocycles. The third-order valence-corrected chi connectivity index (χ3v) is 3.49. The van der Waals surface area contributed by atoms with Crippen LogP contribution in [0.5, 0.6) is 5.75 Å². The molecular weight excluding hydrogens is 355 g/mol.